The molecule has 29 heavy (non-hydrogen) atoms. The molecule has 0 saturated carbocycles. The first-order chi connectivity index (χ1) is 13.7. The number of thiocarbonyl (C=S) groups is 1. The Morgan fingerprint density at radius 1 is 0.966 bits per heavy atom. The van der Waals surface area contributed by atoms with Gasteiger partial charge in [-0.1, -0.05) is 44.0 Å². The quantitative estimate of drug-likeness (QED) is 0.315. The van der Waals surface area contributed by atoms with Crippen LogP contribution in [-0.4, -0.2) is 22.1 Å². The molecule has 0 aliphatic heterocycles. The van der Waals surface area contributed by atoms with Crippen molar-refractivity contribution in [3.05, 3.63) is 73.3 Å². The molecule has 2 aromatic carbocycles. The minimum Gasteiger partial charge on any atom is -0.478 e. The van der Waals surface area contributed by atoms with Crippen LogP contribution in [0.3, 0.4) is 0 Å². The van der Waals surface area contributed by atoms with Crippen molar-refractivity contribution >= 4 is 82.7 Å². The molecule has 0 atom stereocenters. The molecule has 6 nitrogen and oxygen atoms in total. The van der Waals surface area contributed by atoms with Gasteiger partial charge in [-0.3, -0.25) is 10.1 Å². The van der Waals surface area contributed by atoms with E-state index in [1.54, 1.807) is 12.1 Å². The molecular weight excluding hydrogens is 592 g/mol. The van der Waals surface area contributed by atoms with Gasteiger partial charge >= 0.3 is 5.97 Å². The van der Waals surface area contributed by atoms with Crippen molar-refractivity contribution in [1.29, 1.82) is 0 Å². The highest BCUT2D eigenvalue weighted by molar-refractivity contribution is 9.11. The first-order valence-corrected chi connectivity index (χ1v) is 10.7. The molecular formula is C19H11Br3N2O4S. The summed E-state index contributed by atoms with van der Waals surface area (Å²) in [6.07, 6.45) is 0. The monoisotopic (exact) mass is 600 g/mol. The number of aromatic carboxylic acids is 1. The summed E-state index contributed by atoms with van der Waals surface area (Å²) in [5.41, 5.74) is 1.03. The number of carbonyl (C=O) groups excluding carboxylic acids is 1. The molecule has 148 valence electrons. The van der Waals surface area contributed by atoms with Gasteiger partial charge in [0.2, 0.25) is 0 Å². The molecule has 3 N–H and O–H groups in total. The summed E-state index contributed by atoms with van der Waals surface area (Å²) in [4.78, 5) is 23.9. The molecule has 0 aliphatic rings. The van der Waals surface area contributed by atoms with Gasteiger partial charge in [0, 0.05) is 19.0 Å². The highest BCUT2D eigenvalue weighted by Gasteiger charge is 2.18. The minimum absolute atomic E-state index is 0.0154. The molecule has 1 aromatic heterocycles. The van der Waals surface area contributed by atoms with Crippen LogP contribution in [0.25, 0.3) is 11.3 Å². The zero-order valence-corrected chi connectivity index (χ0v) is 19.9. The molecule has 1 heterocycles. The van der Waals surface area contributed by atoms with Gasteiger partial charge < -0.3 is 14.8 Å². The van der Waals surface area contributed by atoms with E-state index in [0.717, 1.165) is 10.0 Å². The van der Waals surface area contributed by atoms with Crippen LogP contribution in [0, 0.1) is 0 Å². The molecule has 0 aliphatic carbocycles. The average molecular weight is 603 g/mol. The normalized spacial score (nSPS) is 10.4. The van der Waals surface area contributed by atoms with Gasteiger partial charge in [0.1, 0.15) is 5.76 Å². The fourth-order valence-electron chi connectivity index (χ4n) is 2.41. The molecule has 3 rings (SSSR count). The van der Waals surface area contributed by atoms with Crippen molar-refractivity contribution in [2.45, 2.75) is 0 Å². The predicted octanol–water partition coefficient (Wildman–Crippen LogP) is 6.06. The summed E-state index contributed by atoms with van der Waals surface area (Å²) in [6.45, 7) is 0. The number of amides is 1. The number of carbonyl (C=O) groups is 2. The minimum atomic E-state index is -1.14. The van der Waals surface area contributed by atoms with Gasteiger partial charge in [0.25, 0.3) is 5.91 Å². The highest BCUT2D eigenvalue weighted by Crippen LogP contribution is 2.31. The van der Waals surface area contributed by atoms with Gasteiger partial charge in [-0.15, -0.1) is 0 Å². The number of anilines is 1. The van der Waals surface area contributed by atoms with Gasteiger partial charge in [-0.25, -0.2) is 4.79 Å². The third-order valence-electron chi connectivity index (χ3n) is 3.71. The topological polar surface area (TPSA) is 91.6 Å². The Hall–Kier alpha value is -2.01. The number of carboxylic acids is 1. The van der Waals surface area contributed by atoms with Crippen molar-refractivity contribution in [3.8, 4) is 11.3 Å². The van der Waals surface area contributed by atoms with Gasteiger partial charge in [-0.2, -0.15) is 0 Å². The Labute approximate surface area is 196 Å². The third kappa shape index (κ3) is 5.33. The van der Waals surface area contributed by atoms with E-state index in [9.17, 15) is 14.7 Å². The second kappa shape index (κ2) is 9.21. The molecule has 0 radical (unpaired) electrons. The SMILES string of the molecule is O=C(NC(=S)Nc1c(Br)cc(Br)cc1C(=O)O)c1ccc(-c2ccc(Br)cc2)o1. The predicted molar refractivity (Wildman–Crippen MR) is 124 cm³/mol. The third-order valence-corrected chi connectivity index (χ3v) is 5.53. The molecule has 3 aromatic rings. The largest absolute Gasteiger partial charge is 0.478 e. The number of nitrogens with one attached hydrogen (secondary N) is 2. The first kappa shape index (κ1) is 21.7. The summed E-state index contributed by atoms with van der Waals surface area (Å²) in [6, 6.07) is 13.8. The van der Waals surface area contributed by atoms with Crippen molar-refractivity contribution in [1.82, 2.24) is 5.32 Å². The Bertz CT molecular complexity index is 1110. The van der Waals surface area contributed by atoms with Crippen molar-refractivity contribution in [2.24, 2.45) is 0 Å². The van der Waals surface area contributed by atoms with E-state index in [-0.39, 0.29) is 22.1 Å². The number of furan rings is 1. The van der Waals surface area contributed by atoms with Crippen LogP contribution in [0.2, 0.25) is 0 Å². The van der Waals surface area contributed by atoms with Crippen LogP contribution in [0.5, 0.6) is 0 Å². The molecule has 1 amide bonds. The fourth-order valence-corrected chi connectivity index (χ4v) is 4.19. The Morgan fingerprint density at radius 3 is 2.31 bits per heavy atom. The van der Waals surface area contributed by atoms with Crippen LogP contribution >= 0.6 is 60.0 Å². The maximum atomic E-state index is 12.4. The molecule has 0 fully saturated rings. The second-order valence-corrected chi connectivity index (χ2v) is 8.79. The van der Waals surface area contributed by atoms with E-state index >= 15 is 0 Å². The van der Waals surface area contributed by atoms with E-state index < -0.39 is 11.9 Å². The lowest BCUT2D eigenvalue weighted by Crippen LogP contribution is -2.34. The van der Waals surface area contributed by atoms with Crippen LogP contribution in [0.4, 0.5) is 5.69 Å². The maximum absolute atomic E-state index is 12.4. The summed E-state index contributed by atoms with van der Waals surface area (Å²) < 4.78 is 7.58. The van der Waals surface area contributed by atoms with Crippen molar-refractivity contribution in [3.63, 3.8) is 0 Å². The zero-order valence-electron chi connectivity index (χ0n) is 14.3. The second-order valence-electron chi connectivity index (χ2n) is 5.69. The molecule has 0 unspecified atom stereocenters. The molecule has 0 saturated heterocycles. The van der Waals surface area contributed by atoms with Crippen LogP contribution < -0.4 is 10.6 Å². The number of hydrogen-bond acceptors (Lipinski definition) is 4. The van der Waals surface area contributed by atoms with Crippen LogP contribution in [-0.2, 0) is 0 Å². The van der Waals surface area contributed by atoms with Crippen molar-refractivity contribution < 1.29 is 19.1 Å². The van der Waals surface area contributed by atoms with Gasteiger partial charge in [0.05, 0.1) is 11.3 Å². The van der Waals surface area contributed by atoms with Crippen LogP contribution in [0.1, 0.15) is 20.9 Å². The Kier molecular flexibility index (Phi) is 6.89. The van der Waals surface area contributed by atoms with E-state index in [1.165, 1.54) is 12.1 Å². The Morgan fingerprint density at radius 2 is 1.66 bits per heavy atom. The lowest BCUT2D eigenvalue weighted by atomic mass is 10.2. The number of rotatable bonds is 4. The highest BCUT2D eigenvalue weighted by atomic mass is 79.9. The molecule has 0 bridgehead atoms. The molecule has 0 spiro atoms. The zero-order chi connectivity index (χ0) is 21.1. The smallest absolute Gasteiger partial charge is 0.337 e. The van der Waals surface area contributed by atoms with Gasteiger partial charge in [-0.05, 0) is 64.5 Å². The number of carboxylic acid groups (broad SMARTS) is 1. The summed E-state index contributed by atoms with van der Waals surface area (Å²) in [5, 5.41) is 14.5. The summed E-state index contributed by atoms with van der Waals surface area (Å²) in [5.74, 6) is -1.10. The van der Waals surface area contributed by atoms with Gasteiger partial charge in [0.15, 0.2) is 10.9 Å². The lowest BCUT2D eigenvalue weighted by Gasteiger charge is -2.13. The van der Waals surface area contributed by atoms with Crippen molar-refractivity contribution in [2.75, 3.05) is 5.32 Å². The fraction of sp³-hybridized carbons (Fsp3) is 0. The van der Waals surface area contributed by atoms with E-state index in [4.69, 9.17) is 16.6 Å². The number of hydrogen-bond donors (Lipinski definition) is 3. The first-order valence-electron chi connectivity index (χ1n) is 7.95. The standard InChI is InChI=1S/C19H11Br3N2O4S/c20-10-3-1-9(2-4-10)14-5-6-15(28-14)17(25)24-19(29)23-16-12(18(26)27)7-11(21)8-13(16)22/h1-8H,(H,26,27)(H2,23,24,25,29). The summed E-state index contributed by atoms with van der Waals surface area (Å²) >= 11 is 15.0. The van der Waals surface area contributed by atoms with Crippen LogP contribution in [0.15, 0.2) is 66.4 Å². The molecule has 10 heteroatoms. The number of halogens is 3. The van der Waals surface area contributed by atoms with E-state index in [2.05, 4.69) is 58.4 Å². The van der Waals surface area contributed by atoms with E-state index in [0.29, 0.717) is 14.7 Å². The Balaban J connectivity index is 1.73. The summed E-state index contributed by atoms with van der Waals surface area (Å²) in [7, 11) is 0. The maximum Gasteiger partial charge on any atom is 0.337 e. The average Bonchev–Trinajstić information content (AvgIpc) is 3.14. The number of benzene rings is 2. The van der Waals surface area contributed by atoms with E-state index in [1.807, 2.05) is 24.3 Å². The lowest BCUT2D eigenvalue weighted by molar-refractivity contribution is 0.0697.